The molecule has 1 aromatic carbocycles. The summed E-state index contributed by atoms with van der Waals surface area (Å²) in [5, 5.41) is 8.56. The van der Waals surface area contributed by atoms with Gasteiger partial charge in [0.05, 0.1) is 0 Å². The second kappa shape index (κ2) is 7.78. The monoisotopic (exact) mass is 341 g/mol. The maximum absolute atomic E-state index is 10.4. The quantitative estimate of drug-likeness (QED) is 0.887. The molecular formula is C9H10Br2FNO2. The number of halogens is 3. The van der Waals surface area contributed by atoms with Gasteiger partial charge in [-0.05, 0) is 24.1 Å². The average Bonchev–Trinajstić information content (AvgIpc) is 2.24. The molecule has 0 aromatic heterocycles. The molecule has 1 rings (SSSR count). The molecule has 0 spiro atoms. The lowest BCUT2D eigenvalue weighted by atomic mass is 10.1. The normalized spacial score (nSPS) is 11.2. The van der Waals surface area contributed by atoms with Crippen molar-refractivity contribution in [1.82, 2.24) is 0 Å². The highest BCUT2D eigenvalue weighted by atomic mass is 79.9. The Bertz CT molecular complexity index is 305. The van der Waals surface area contributed by atoms with Crippen molar-refractivity contribution in [2.24, 2.45) is 5.73 Å². The highest BCUT2D eigenvalue weighted by Gasteiger charge is 2.11. The average molecular weight is 343 g/mol. The zero-order valence-corrected chi connectivity index (χ0v) is 10.8. The van der Waals surface area contributed by atoms with Crippen LogP contribution in [0.5, 0.6) is 0 Å². The molecule has 0 unspecified atom stereocenters. The van der Waals surface area contributed by atoms with Crippen molar-refractivity contribution < 1.29 is 13.5 Å². The summed E-state index contributed by atoms with van der Waals surface area (Å²) in [4.78, 5) is 10.4. The van der Waals surface area contributed by atoms with Crippen LogP contribution in [0.15, 0.2) is 28.7 Å². The van der Waals surface area contributed by atoms with Gasteiger partial charge in [-0.1, -0.05) is 28.1 Å². The highest BCUT2D eigenvalue weighted by Crippen LogP contribution is 2.11. The summed E-state index contributed by atoms with van der Waals surface area (Å²) in [5.74, 6) is -0.970. The first-order valence-corrected chi connectivity index (χ1v) is 5.36. The Balaban J connectivity index is 0.000000921. The fraction of sp³-hybridized carbons (Fsp3) is 0.222. The van der Waals surface area contributed by atoms with E-state index in [1.807, 2.05) is 24.3 Å². The topological polar surface area (TPSA) is 63.3 Å². The van der Waals surface area contributed by atoms with Crippen LogP contribution in [0.4, 0.5) is 3.56 Å². The molecule has 6 heteroatoms. The summed E-state index contributed by atoms with van der Waals surface area (Å²) < 4.78 is 10.3. The minimum absolute atomic E-state index is 0.364. The van der Waals surface area contributed by atoms with Crippen LogP contribution in [0, 0.1) is 0 Å². The molecule has 0 heterocycles. The van der Waals surface area contributed by atoms with Gasteiger partial charge in [0.15, 0.2) is 16.4 Å². The van der Waals surface area contributed by atoms with E-state index in [1.54, 1.807) is 0 Å². The van der Waals surface area contributed by atoms with Crippen LogP contribution in [0.2, 0.25) is 0 Å². The van der Waals surface area contributed by atoms with Crippen molar-refractivity contribution in [2.75, 3.05) is 0 Å². The Morgan fingerprint density at radius 2 is 1.87 bits per heavy atom. The molecule has 1 atom stereocenters. The standard InChI is InChI=1S/C9H10BrNO2.BrF/c10-7-3-1-6(2-4-7)5-8(11)9(12)13;1-2/h1-4,8H,5,11H2,(H,12,13);/t8-;/m0./s1. The molecule has 3 N–H and O–H groups in total. The lowest BCUT2D eigenvalue weighted by Crippen LogP contribution is -2.32. The van der Waals surface area contributed by atoms with Gasteiger partial charge in [-0.3, -0.25) is 4.79 Å². The summed E-state index contributed by atoms with van der Waals surface area (Å²) in [6.45, 7) is 0. The van der Waals surface area contributed by atoms with Crippen molar-refractivity contribution >= 4 is 38.3 Å². The van der Waals surface area contributed by atoms with E-state index in [9.17, 15) is 8.36 Å². The number of benzene rings is 1. The van der Waals surface area contributed by atoms with Gasteiger partial charge in [0.1, 0.15) is 6.04 Å². The molecule has 0 radical (unpaired) electrons. The van der Waals surface area contributed by atoms with Crippen molar-refractivity contribution in [3.05, 3.63) is 34.3 Å². The van der Waals surface area contributed by atoms with Gasteiger partial charge in [-0.25, -0.2) is 0 Å². The number of hydrogen-bond donors (Lipinski definition) is 2. The summed E-state index contributed by atoms with van der Waals surface area (Å²) in [7, 11) is 0. The fourth-order valence-corrected chi connectivity index (χ4v) is 1.23. The van der Waals surface area contributed by atoms with Crippen molar-refractivity contribution in [3.63, 3.8) is 0 Å². The zero-order chi connectivity index (χ0) is 11.8. The minimum atomic E-state index is -0.970. The number of carboxylic acid groups (broad SMARTS) is 1. The number of nitrogens with two attached hydrogens (primary N) is 1. The maximum atomic E-state index is 10.4. The first-order valence-electron chi connectivity index (χ1n) is 3.96. The lowest BCUT2D eigenvalue weighted by molar-refractivity contribution is -0.138. The van der Waals surface area contributed by atoms with E-state index >= 15 is 0 Å². The summed E-state index contributed by atoms with van der Waals surface area (Å²) in [6.07, 6.45) is 0.364. The third-order valence-electron chi connectivity index (χ3n) is 1.69. The van der Waals surface area contributed by atoms with Crippen molar-refractivity contribution in [2.45, 2.75) is 12.5 Å². The molecule has 0 bridgehead atoms. The Hall–Kier alpha value is -0.460. The molecule has 0 aliphatic heterocycles. The van der Waals surface area contributed by atoms with E-state index in [2.05, 4.69) is 15.9 Å². The Morgan fingerprint density at radius 1 is 1.40 bits per heavy atom. The summed E-state index contributed by atoms with van der Waals surface area (Å²) >= 11 is 4.73. The smallest absolute Gasteiger partial charge is 0.320 e. The van der Waals surface area contributed by atoms with E-state index < -0.39 is 12.0 Å². The van der Waals surface area contributed by atoms with Gasteiger partial charge in [0, 0.05) is 4.47 Å². The summed E-state index contributed by atoms with van der Waals surface area (Å²) in [6, 6.07) is 6.62. The van der Waals surface area contributed by atoms with Gasteiger partial charge in [0.2, 0.25) is 0 Å². The van der Waals surface area contributed by atoms with Crippen LogP contribution >= 0.6 is 32.3 Å². The van der Waals surface area contributed by atoms with Crippen molar-refractivity contribution in [1.29, 1.82) is 0 Å². The van der Waals surface area contributed by atoms with Crippen LogP contribution in [0.3, 0.4) is 0 Å². The molecule has 84 valence electrons. The Kier molecular flexibility index (Phi) is 7.54. The predicted molar refractivity (Wildman–Crippen MR) is 63.5 cm³/mol. The van der Waals surface area contributed by atoms with E-state index in [4.69, 9.17) is 10.8 Å². The number of hydrogen-bond acceptors (Lipinski definition) is 2. The van der Waals surface area contributed by atoms with Gasteiger partial charge in [-0.2, -0.15) is 3.56 Å². The van der Waals surface area contributed by atoms with E-state index in [1.165, 1.54) is 16.4 Å². The van der Waals surface area contributed by atoms with Crippen LogP contribution in [0.25, 0.3) is 0 Å². The summed E-state index contributed by atoms with van der Waals surface area (Å²) in [5.41, 5.74) is 6.30. The second-order valence-electron chi connectivity index (χ2n) is 2.78. The van der Waals surface area contributed by atoms with E-state index in [0.717, 1.165) is 10.0 Å². The molecule has 3 nitrogen and oxygen atoms in total. The number of carbonyl (C=O) groups is 1. The molecule has 0 aliphatic carbocycles. The molecule has 0 aliphatic rings. The van der Waals surface area contributed by atoms with E-state index in [0.29, 0.717) is 6.42 Å². The SMILES string of the molecule is FBr.N[C@@H](Cc1ccc(Br)cc1)C(=O)O. The third-order valence-corrected chi connectivity index (χ3v) is 2.21. The number of rotatable bonds is 3. The molecule has 0 amide bonds. The Labute approximate surface area is 104 Å². The number of aliphatic carboxylic acids is 1. The van der Waals surface area contributed by atoms with Crippen LogP contribution in [-0.2, 0) is 11.2 Å². The molecule has 0 saturated heterocycles. The van der Waals surface area contributed by atoms with Gasteiger partial charge >= 0.3 is 5.97 Å². The fourth-order valence-electron chi connectivity index (χ4n) is 0.962. The lowest BCUT2D eigenvalue weighted by Gasteiger charge is -2.05. The van der Waals surface area contributed by atoms with Gasteiger partial charge in [-0.15, -0.1) is 0 Å². The van der Waals surface area contributed by atoms with Crippen LogP contribution in [-0.4, -0.2) is 17.1 Å². The highest BCUT2D eigenvalue weighted by molar-refractivity contribution is 9.10. The largest absolute Gasteiger partial charge is 0.480 e. The second-order valence-corrected chi connectivity index (χ2v) is 3.69. The minimum Gasteiger partial charge on any atom is -0.480 e. The molecule has 1 aromatic rings. The first kappa shape index (κ1) is 14.5. The third kappa shape index (κ3) is 5.86. The maximum Gasteiger partial charge on any atom is 0.320 e. The molecule has 15 heavy (non-hydrogen) atoms. The zero-order valence-electron chi connectivity index (χ0n) is 7.66. The number of carboxylic acids is 1. The predicted octanol–water partition coefficient (Wildman–Crippen LogP) is 2.67. The van der Waals surface area contributed by atoms with E-state index in [-0.39, 0.29) is 0 Å². The Morgan fingerprint density at radius 3 is 2.27 bits per heavy atom. The van der Waals surface area contributed by atoms with Crippen LogP contribution in [0.1, 0.15) is 5.56 Å². The van der Waals surface area contributed by atoms with Crippen LogP contribution < -0.4 is 5.73 Å². The molecule has 0 saturated carbocycles. The molecule has 0 fully saturated rings. The molecular weight excluding hydrogens is 333 g/mol. The van der Waals surface area contributed by atoms with Gasteiger partial charge in [0.25, 0.3) is 0 Å². The van der Waals surface area contributed by atoms with Crippen molar-refractivity contribution in [3.8, 4) is 0 Å². The first-order chi connectivity index (χ1) is 7.09. The van der Waals surface area contributed by atoms with Gasteiger partial charge < -0.3 is 10.8 Å².